The molecule has 1 aromatic carbocycles. The number of imidazole rings is 1. The molecule has 1 saturated carbocycles. The molecule has 2 aromatic heterocycles. The number of carbonyl (C=O) groups is 1. The maximum absolute atomic E-state index is 12.7. The Bertz CT molecular complexity index is 946. The van der Waals surface area contributed by atoms with Gasteiger partial charge in [-0.2, -0.15) is 0 Å². The summed E-state index contributed by atoms with van der Waals surface area (Å²) in [5.74, 6) is 0.887. The van der Waals surface area contributed by atoms with E-state index in [0.717, 1.165) is 37.0 Å². The number of para-hydroxylation sites is 2. The van der Waals surface area contributed by atoms with Crippen molar-refractivity contribution in [1.82, 2.24) is 25.1 Å². The molecule has 0 radical (unpaired) electrons. The van der Waals surface area contributed by atoms with Gasteiger partial charge in [-0.05, 0) is 50.2 Å². The highest BCUT2D eigenvalue weighted by atomic mass is 16.4. The highest BCUT2D eigenvalue weighted by Crippen LogP contribution is 2.53. The topological polar surface area (TPSA) is 99.9 Å². The summed E-state index contributed by atoms with van der Waals surface area (Å²) in [6.07, 6.45) is 4.91. The zero-order valence-corrected chi connectivity index (χ0v) is 15.2. The molecule has 8 heteroatoms. The summed E-state index contributed by atoms with van der Waals surface area (Å²) < 4.78 is 5.65. The number of hydrogen-bond acceptors (Lipinski definition) is 6. The van der Waals surface area contributed by atoms with Crippen LogP contribution in [0, 0.1) is 5.41 Å². The summed E-state index contributed by atoms with van der Waals surface area (Å²) in [6.45, 7) is 3.52. The molecule has 27 heavy (non-hydrogen) atoms. The van der Waals surface area contributed by atoms with Crippen LogP contribution < -0.4 is 5.32 Å². The Labute approximate surface area is 156 Å². The predicted molar refractivity (Wildman–Crippen MR) is 100.0 cm³/mol. The summed E-state index contributed by atoms with van der Waals surface area (Å²) in [6, 6.07) is 7.52. The summed E-state index contributed by atoms with van der Waals surface area (Å²) in [4.78, 5) is 22.2. The fourth-order valence-electron chi connectivity index (χ4n) is 3.83. The zero-order chi connectivity index (χ0) is 18.4. The number of aromatic nitrogens is 4. The van der Waals surface area contributed by atoms with E-state index in [1.807, 2.05) is 36.1 Å². The van der Waals surface area contributed by atoms with E-state index in [1.54, 1.807) is 0 Å². The molecule has 1 saturated heterocycles. The standard InChI is InChI=1S/C19H22N6O2/c1-12(17(26)25-10-8-19(6-7-19)9-11-25)20-18-24-23-16(27-18)15-21-13-4-2-3-5-14(13)22-15/h2-5,12H,6-11H2,1H3,(H,20,24)(H,21,22)/t12-/m0/s1. The molecule has 2 fully saturated rings. The minimum atomic E-state index is -0.415. The molecule has 1 spiro atoms. The van der Waals surface area contributed by atoms with Crippen LogP contribution >= 0.6 is 0 Å². The second kappa shape index (κ2) is 6.07. The van der Waals surface area contributed by atoms with Crippen LogP contribution in [0.3, 0.4) is 0 Å². The second-order valence-corrected chi connectivity index (χ2v) is 7.71. The number of piperidine rings is 1. The van der Waals surface area contributed by atoms with Gasteiger partial charge in [-0.1, -0.05) is 17.2 Å². The van der Waals surface area contributed by atoms with Gasteiger partial charge in [0, 0.05) is 13.1 Å². The molecule has 3 aromatic rings. The summed E-state index contributed by atoms with van der Waals surface area (Å²) in [7, 11) is 0. The molecule has 3 heterocycles. The quantitative estimate of drug-likeness (QED) is 0.736. The van der Waals surface area contributed by atoms with Gasteiger partial charge in [0.25, 0.3) is 5.89 Å². The molecule has 2 N–H and O–H groups in total. The van der Waals surface area contributed by atoms with E-state index in [-0.39, 0.29) is 11.9 Å². The van der Waals surface area contributed by atoms with Gasteiger partial charge in [-0.15, -0.1) is 5.10 Å². The molecule has 8 nitrogen and oxygen atoms in total. The van der Waals surface area contributed by atoms with Crippen molar-refractivity contribution in [3.63, 3.8) is 0 Å². The Morgan fingerprint density at radius 3 is 2.74 bits per heavy atom. The molecular weight excluding hydrogens is 344 g/mol. The number of H-pyrrole nitrogens is 1. The number of aromatic amines is 1. The van der Waals surface area contributed by atoms with Gasteiger partial charge >= 0.3 is 6.01 Å². The van der Waals surface area contributed by atoms with Gasteiger partial charge in [0.2, 0.25) is 5.91 Å². The van der Waals surface area contributed by atoms with E-state index in [1.165, 1.54) is 12.8 Å². The van der Waals surface area contributed by atoms with Crippen molar-refractivity contribution in [1.29, 1.82) is 0 Å². The first kappa shape index (κ1) is 16.3. The number of amides is 1. The minimum absolute atomic E-state index is 0.0778. The Kier molecular flexibility index (Phi) is 3.66. The van der Waals surface area contributed by atoms with E-state index in [0.29, 0.717) is 17.1 Å². The van der Waals surface area contributed by atoms with Crippen LogP contribution in [0.5, 0.6) is 0 Å². The molecule has 1 amide bonds. The first-order valence-electron chi connectivity index (χ1n) is 9.46. The van der Waals surface area contributed by atoms with Gasteiger partial charge in [-0.3, -0.25) is 4.79 Å². The number of rotatable bonds is 4. The lowest BCUT2D eigenvalue weighted by atomic mass is 9.93. The SMILES string of the molecule is C[C@H](Nc1nnc(-c2nc3ccccc3[nH]2)o1)C(=O)N1CCC2(CC1)CC2. The lowest BCUT2D eigenvalue weighted by molar-refractivity contribution is -0.133. The molecule has 2 aliphatic rings. The molecule has 0 unspecified atom stereocenters. The second-order valence-electron chi connectivity index (χ2n) is 7.71. The largest absolute Gasteiger partial charge is 0.400 e. The fraction of sp³-hybridized carbons (Fsp3) is 0.474. The van der Waals surface area contributed by atoms with Gasteiger partial charge < -0.3 is 19.6 Å². The van der Waals surface area contributed by atoms with Gasteiger partial charge in [0.1, 0.15) is 6.04 Å². The molecule has 140 valence electrons. The van der Waals surface area contributed by atoms with Crippen molar-refractivity contribution in [2.75, 3.05) is 18.4 Å². The van der Waals surface area contributed by atoms with Crippen molar-refractivity contribution >= 4 is 23.0 Å². The number of benzene rings is 1. The van der Waals surface area contributed by atoms with Crippen LogP contribution in [0.1, 0.15) is 32.6 Å². The number of anilines is 1. The Morgan fingerprint density at radius 1 is 1.22 bits per heavy atom. The van der Waals surface area contributed by atoms with Crippen molar-refractivity contribution in [2.24, 2.45) is 5.41 Å². The smallest absolute Gasteiger partial charge is 0.316 e. The lowest BCUT2D eigenvalue weighted by Crippen LogP contribution is -2.45. The van der Waals surface area contributed by atoms with Crippen molar-refractivity contribution in [3.8, 4) is 11.7 Å². The molecule has 5 rings (SSSR count). The first-order chi connectivity index (χ1) is 13.1. The van der Waals surface area contributed by atoms with Crippen LogP contribution in [0.2, 0.25) is 0 Å². The van der Waals surface area contributed by atoms with Crippen LogP contribution in [0.15, 0.2) is 28.7 Å². The maximum atomic E-state index is 12.7. The predicted octanol–water partition coefficient (Wildman–Crippen LogP) is 2.82. The minimum Gasteiger partial charge on any atom is -0.400 e. The van der Waals surface area contributed by atoms with Gasteiger partial charge in [-0.25, -0.2) is 4.98 Å². The van der Waals surface area contributed by atoms with E-state index in [4.69, 9.17) is 4.42 Å². The molecular formula is C19H22N6O2. The Balaban J connectivity index is 1.25. The average Bonchev–Trinajstić information content (AvgIpc) is 3.10. The van der Waals surface area contributed by atoms with Crippen molar-refractivity contribution in [3.05, 3.63) is 24.3 Å². The number of fused-ring (bicyclic) bond motifs is 1. The molecule has 1 aliphatic heterocycles. The Hall–Kier alpha value is -2.90. The Morgan fingerprint density at radius 2 is 2.00 bits per heavy atom. The highest BCUT2D eigenvalue weighted by molar-refractivity contribution is 5.84. The van der Waals surface area contributed by atoms with E-state index in [2.05, 4.69) is 25.5 Å². The third-order valence-electron chi connectivity index (χ3n) is 5.82. The zero-order valence-electron chi connectivity index (χ0n) is 15.2. The monoisotopic (exact) mass is 366 g/mol. The summed E-state index contributed by atoms with van der Waals surface area (Å²) in [5, 5.41) is 11.1. The average molecular weight is 366 g/mol. The first-order valence-corrected chi connectivity index (χ1v) is 9.46. The van der Waals surface area contributed by atoms with E-state index in [9.17, 15) is 4.79 Å². The lowest BCUT2D eigenvalue weighted by Gasteiger charge is -2.33. The number of nitrogens with one attached hydrogen (secondary N) is 2. The molecule has 1 atom stereocenters. The summed E-state index contributed by atoms with van der Waals surface area (Å²) in [5.41, 5.74) is 2.30. The van der Waals surface area contributed by atoms with Gasteiger partial charge in [0.15, 0.2) is 5.82 Å². The number of likely N-dealkylation sites (tertiary alicyclic amines) is 1. The number of carbonyl (C=O) groups excluding carboxylic acids is 1. The van der Waals surface area contributed by atoms with Crippen molar-refractivity contribution in [2.45, 2.75) is 38.6 Å². The van der Waals surface area contributed by atoms with Crippen LogP contribution in [0.4, 0.5) is 6.01 Å². The third-order valence-corrected chi connectivity index (χ3v) is 5.82. The van der Waals surface area contributed by atoms with Crippen molar-refractivity contribution < 1.29 is 9.21 Å². The van der Waals surface area contributed by atoms with Gasteiger partial charge in [0.05, 0.1) is 11.0 Å². The summed E-state index contributed by atoms with van der Waals surface area (Å²) >= 11 is 0. The maximum Gasteiger partial charge on any atom is 0.316 e. The third kappa shape index (κ3) is 3.05. The van der Waals surface area contributed by atoms with Crippen LogP contribution in [-0.4, -0.2) is 50.1 Å². The fourth-order valence-corrected chi connectivity index (χ4v) is 3.83. The number of hydrogen-bond donors (Lipinski definition) is 2. The van der Waals surface area contributed by atoms with Crippen LogP contribution in [0.25, 0.3) is 22.7 Å². The molecule has 1 aliphatic carbocycles. The van der Waals surface area contributed by atoms with E-state index < -0.39 is 6.04 Å². The highest BCUT2D eigenvalue weighted by Gasteiger charge is 2.45. The molecule has 0 bridgehead atoms. The number of nitrogens with zero attached hydrogens (tertiary/aromatic N) is 4. The van der Waals surface area contributed by atoms with Crippen LogP contribution in [-0.2, 0) is 4.79 Å². The normalized spacial score (nSPS) is 19.4. The van der Waals surface area contributed by atoms with E-state index >= 15 is 0 Å².